The minimum Gasteiger partial charge on any atom is -0.378 e. The number of primary amides is 1. The van der Waals surface area contributed by atoms with Crippen LogP contribution < -0.4 is 5.73 Å². The van der Waals surface area contributed by atoms with Crippen molar-refractivity contribution in [3.63, 3.8) is 0 Å². The Morgan fingerprint density at radius 3 is 2.57 bits per heavy atom. The SMILES string of the molecule is NC(=O)CC1CCC(OCCc2cccc3ccccc23)CC1. The van der Waals surface area contributed by atoms with Crippen molar-refractivity contribution in [2.75, 3.05) is 6.61 Å². The van der Waals surface area contributed by atoms with E-state index in [0.29, 0.717) is 18.4 Å². The number of hydrogen-bond donors (Lipinski definition) is 1. The third-order valence-corrected chi connectivity index (χ3v) is 4.89. The lowest BCUT2D eigenvalue weighted by molar-refractivity contribution is -0.119. The number of rotatable bonds is 6. The Hall–Kier alpha value is -1.87. The second kappa shape index (κ2) is 7.60. The van der Waals surface area contributed by atoms with E-state index in [-0.39, 0.29) is 5.91 Å². The van der Waals surface area contributed by atoms with Gasteiger partial charge < -0.3 is 10.5 Å². The molecule has 2 N–H and O–H groups in total. The van der Waals surface area contributed by atoms with E-state index < -0.39 is 0 Å². The number of ether oxygens (including phenoxy) is 1. The molecule has 0 heterocycles. The van der Waals surface area contributed by atoms with Crippen LogP contribution in [0.4, 0.5) is 0 Å². The van der Waals surface area contributed by atoms with Gasteiger partial charge in [0.2, 0.25) is 5.91 Å². The van der Waals surface area contributed by atoms with E-state index in [1.807, 2.05) is 0 Å². The first kappa shape index (κ1) is 16.0. The molecule has 1 fully saturated rings. The van der Waals surface area contributed by atoms with Crippen LogP contribution >= 0.6 is 0 Å². The van der Waals surface area contributed by atoms with Gasteiger partial charge >= 0.3 is 0 Å². The van der Waals surface area contributed by atoms with E-state index in [1.165, 1.54) is 16.3 Å². The molecule has 1 aliphatic rings. The Kier molecular flexibility index (Phi) is 5.29. The van der Waals surface area contributed by atoms with Crippen LogP contribution in [0.1, 0.15) is 37.7 Å². The van der Waals surface area contributed by atoms with E-state index in [9.17, 15) is 4.79 Å². The maximum absolute atomic E-state index is 11.0. The number of benzene rings is 2. The molecule has 0 bridgehead atoms. The summed E-state index contributed by atoms with van der Waals surface area (Å²) in [5.74, 6) is 0.288. The first-order chi connectivity index (χ1) is 11.2. The Morgan fingerprint density at radius 2 is 1.78 bits per heavy atom. The van der Waals surface area contributed by atoms with Gasteiger partial charge in [-0.25, -0.2) is 0 Å². The van der Waals surface area contributed by atoms with Crippen molar-refractivity contribution in [3.05, 3.63) is 48.0 Å². The van der Waals surface area contributed by atoms with E-state index >= 15 is 0 Å². The zero-order chi connectivity index (χ0) is 16.1. The molecule has 1 amide bonds. The summed E-state index contributed by atoms with van der Waals surface area (Å²) in [7, 11) is 0. The van der Waals surface area contributed by atoms with E-state index in [1.54, 1.807) is 0 Å². The second-order valence-electron chi connectivity index (χ2n) is 6.57. The highest BCUT2D eigenvalue weighted by molar-refractivity contribution is 5.85. The predicted octanol–water partition coefficient (Wildman–Crippen LogP) is 3.83. The lowest BCUT2D eigenvalue weighted by Gasteiger charge is -2.28. The molecule has 1 aliphatic carbocycles. The topological polar surface area (TPSA) is 52.3 Å². The molecule has 3 nitrogen and oxygen atoms in total. The number of carbonyl (C=O) groups excluding carboxylic acids is 1. The van der Waals surface area contributed by atoms with Gasteiger partial charge in [0.05, 0.1) is 12.7 Å². The highest BCUT2D eigenvalue weighted by atomic mass is 16.5. The summed E-state index contributed by atoms with van der Waals surface area (Å²) in [6.07, 6.45) is 6.03. The first-order valence-corrected chi connectivity index (χ1v) is 8.59. The maximum atomic E-state index is 11.0. The highest BCUT2D eigenvalue weighted by Crippen LogP contribution is 2.28. The quantitative estimate of drug-likeness (QED) is 0.881. The van der Waals surface area contributed by atoms with Crippen LogP contribution in [0.2, 0.25) is 0 Å². The summed E-state index contributed by atoms with van der Waals surface area (Å²) >= 11 is 0. The van der Waals surface area contributed by atoms with Gasteiger partial charge in [0, 0.05) is 6.42 Å². The molecule has 1 saturated carbocycles. The third kappa shape index (κ3) is 4.32. The third-order valence-electron chi connectivity index (χ3n) is 4.89. The number of fused-ring (bicyclic) bond motifs is 1. The summed E-state index contributed by atoms with van der Waals surface area (Å²) < 4.78 is 6.07. The molecule has 0 unspecified atom stereocenters. The van der Waals surface area contributed by atoms with Gasteiger partial charge in [-0.2, -0.15) is 0 Å². The second-order valence-corrected chi connectivity index (χ2v) is 6.57. The van der Waals surface area contributed by atoms with Crippen LogP contribution in [0.3, 0.4) is 0 Å². The molecule has 3 rings (SSSR count). The van der Waals surface area contributed by atoms with Gasteiger partial charge in [0.15, 0.2) is 0 Å². The molecule has 122 valence electrons. The molecule has 0 aromatic heterocycles. The molecule has 0 saturated heterocycles. The largest absolute Gasteiger partial charge is 0.378 e. The zero-order valence-electron chi connectivity index (χ0n) is 13.5. The Bertz CT molecular complexity index is 654. The molecule has 3 heteroatoms. The Labute approximate surface area is 137 Å². The molecule has 0 radical (unpaired) electrons. The fourth-order valence-electron chi connectivity index (χ4n) is 3.63. The normalized spacial score (nSPS) is 21.4. The molecule has 2 aromatic rings. The minimum atomic E-state index is -0.176. The summed E-state index contributed by atoms with van der Waals surface area (Å²) in [4.78, 5) is 11.0. The lowest BCUT2D eigenvalue weighted by atomic mass is 9.85. The molecule has 0 aliphatic heterocycles. The number of hydrogen-bond acceptors (Lipinski definition) is 2. The average Bonchev–Trinajstić information content (AvgIpc) is 2.56. The van der Waals surface area contributed by atoms with Crippen LogP contribution in [0.25, 0.3) is 10.8 Å². The molecule has 23 heavy (non-hydrogen) atoms. The van der Waals surface area contributed by atoms with Crippen molar-refractivity contribution >= 4 is 16.7 Å². The molecular weight excluding hydrogens is 286 g/mol. The highest BCUT2D eigenvalue weighted by Gasteiger charge is 2.22. The van der Waals surface area contributed by atoms with Crippen molar-refractivity contribution in [2.45, 2.75) is 44.6 Å². The van der Waals surface area contributed by atoms with Crippen LogP contribution in [0, 0.1) is 5.92 Å². The summed E-state index contributed by atoms with van der Waals surface area (Å²) in [5.41, 5.74) is 6.63. The van der Waals surface area contributed by atoms with Gasteiger partial charge in [-0.3, -0.25) is 4.79 Å². The van der Waals surface area contributed by atoms with Gasteiger partial charge in [0.1, 0.15) is 0 Å². The minimum absolute atomic E-state index is 0.176. The van der Waals surface area contributed by atoms with E-state index in [0.717, 1.165) is 38.7 Å². The van der Waals surface area contributed by atoms with E-state index in [4.69, 9.17) is 10.5 Å². The van der Waals surface area contributed by atoms with Crippen LogP contribution in [0.5, 0.6) is 0 Å². The van der Waals surface area contributed by atoms with Gasteiger partial charge in [0.25, 0.3) is 0 Å². The van der Waals surface area contributed by atoms with Crippen LogP contribution in [-0.4, -0.2) is 18.6 Å². The van der Waals surface area contributed by atoms with Gasteiger partial charge in [-0.1, -0.05) is 42.5 Å². The monoisotopic (exact) mass is 311 g/mol. The van der Waals surface area contributed by atoms with Crippen molar-refractivity contribution < 1.29 is 9.53 Å². The average molecular weight is 311 g/mol. The number of amides is 1. The number of carbonyl (C=O) groups is 1. The lowest BCUT2D eigenvalue weighted by Crippen LogP contribution is -2.25. The summed E-state index contributed by atoms with van der Waals surface area (Å²) in [6, 6.07) is 15.0. The standard InChI is InChI=1S/C20H25NO2/c21-20(22)14-15-8-10-18(11-9-15)23-13-12-17-6-3-5-16-4-1-2-7-19(16)17/h1-7,15,18H,8-14H2,(H2,21,22). The Morgan fingerprint density at radius 1 is 1.04 bits per heavy atom. The van der Waals surface area contributed by atoms with Crippen LogP contribution in [0.15, 0.2) is 42.5 Å². The number of nitrogens with two attached hydrogens (primary N) is 1. The van der Waals surface area contributed by atoms with Crippen LogP contribution in [-0.2, 0) is 16.0 Å². The van der Waals surface area contributed by atoms with Crippen molar-refractivity contribution in [3.8, 4) is 0 Å². The smallest absolute Gasteiger partial charge is 0.217 e. The van der Waals surface area contributed by atoms with Crippen molar-refractivity contribution in [2.24, 2.45) is 11.7 Å². The molecular formula is C20H25NO2. The molecule has 2 aromatic carbocycles. The van der Waals surface area contributed by atoms with E-state index in [2.05, 4.69) is 42.5 Å². The fraction of sp³-hybridized carbons (Fsp3) is 0.450. The Balaban J connectivity index is 1.47. The first-order valence-electron chi connectivity index (χ1n) is 8.59. The fourth-order valence-corrected chi connectivity index (χ4v) is 3.63. The van der Waals surface area contributed by atoms with Gasteiger partial charge in [-0.15, -0.1) is 0 Å². The maximum Gasteiger partial charge on any atom is 0.217 e. The summed E-state index contributed by atoms with van der Waals surface area (Å²) in [6.45, 7) is 0.763. The summed E-state index contributed by atoms with van der Waals surface area (Å²) in [5, 5.41) is 2.61. The van der Waals surface area contributed by atoms with Crippen molar-refractivity contribution in [1.29, 1.82) is 0 Å². The molecule has 0 spiro atoms. The van der Waals surface area contributed by atoms with Gasteiger partial charge in [-0.05, 0) is 54.4 Å². The molecule has 0 atom stereocenters. The zero-order valence-corrected chi connectivity index (χ0v) is 13.5. The predicted molar refractivity (Wildman–Crippen MR) is 93.2 cm³/mol. The van der Waals surface area contributed by atoms with Crippen molar-refractivity contribution in [1.82, 2.24) is 0 Å².